The summed E-state index contributed by atoms with van der Waals surface area (Å²) in [5, 5.41) is 10.7. The number of ether oxygens (including phenoxy) is 1. The van der Waals surface area contributed by atoms with Crippen molar-refractivity contribution in [2.24, 2.45) is 17.1 Å². The van der Waals surface area contributed by atoms with E-state index in [0.717, 1.165) is 19.3 Å². The Hall–Kier alpha value is -0.900. The molecule has 1 aliphatic carbocycles. The van der Waals surface area contributed by atoms with E-state index in [1.165, 1.54) is 11.1 Å². The van der Waals surface area contributed by atoms with Gasteiger partial charge in [0.15, 0.2) is 0 Å². The first-order chi connectivity index (χ1) is 9.13. The molecule has 2 rings (SSSR count). The van der Waals surface area contributed by atoms with Crippen LogP contribution >= 0.6 is 0 Å². The molecule has 19 heavy (non-hydrogen) atoms. The van der Waals surface area contributed by atoms with Crippen molar-refractivity contribution in [1.82, 2.24) is 0 Å². The van der Waals surface area contributed by atoms with E-state index in [2.05, 4.69) is 24.3 Å². The lowest BCUT2D eigenvalue weighted by atomic mass is 9.65. The number of hydrogen-bond acceptors (Lipinski definition) is 3. The maximum atomic E-state index is 10.7. The summed E-state index contributed by atoms with van der Waals surface area (Å²) in [5.41, 5.74) is 8.56. The number of rotatable bonds is 5. The second kappa shape index (κ2) is 6.04. The fourth-order valence-corrected chi connectivity index (χ4v) is 3.33. The Morgan fingerprint density at radius 2 is 2.05 bits per heavy atom. The molecular weight excluding hydrogens is 238 g/mol. The zero-order valence-corrected chi connectivity index (χ0v) is 11.9. The number of nitrogens with two attached hydrogens (primary N) is 1. The van der Waals surface area contributed by atoms with Gasteiger partial charge in [-0.15, -0.1) is 0 Å². The molecule has 0 saturated heterocycles. The van der Waals surface area contributed by atoms with Crippen LogP contribution in [0.15, 0.2) is 24.3 Å². The minimum atomic E-state index is -0.411. The van der Waals surface area contributed by atoms with E-state index in [9.17, 15) is 5.11 Å². The number of aliphatic hydroxyl groups is 1. The Morgan fingerprint density at radius 3 is 2.68 bits per heavy atom. The maximum Gasteiger partial charge on any atom is 0.0659 e. The summed E-state index contributed by atoms with van der Waals surface area (Å²) in [6.45, 7) is 3.13. The zero-order chi connectivity index (χ0) is 13.9. The monoisotopic (exact) mass is 263 g/mol. The van der Waals surface area contributed by atoms with Gasteiger partial charge < -0.3 is 15.6 Å². The lowest BCUT2D eigenvalue weighted by Crippen LogP contribution is -2.49. The van der Waals surface area contributed by atoms with E-state index in [1.54, 1.807) is 7.11 Å². The van der Waals surface area contributed by atoms with Crippen molar-refractivity contribution < 1.29 is 9.84 Å². The number of benzene rings is 1. The summed E-state index contributed by atoms with van der Waals surface area (Å²) in [4.78, 5) is 0. The summed E-state index contributed by atoms with van der Waals surface area (Å²) in [6, 6.07) is 8.49. The van der Waals surface area contributed by atoms with Gasteiger partial charge in [-0.3, -0.25) is 0 Å². The Bertz CT molecular complexity index is 421. The van der Waals surface area contributed by atoms with E-state index in [0.29, 0.717) is 13.2 Å². The molecule has 3 atom stereocenters. The first kappa shape index (κ1) is 14.5. The Labute approximate surface area is 115 Å². The normalized spacial score (nSPS) is 25.7. The molecule has 1 aromatic rings. The Morgan fingerprint density at radius 1 is 1.37 bits per heavy atom. The first-order valence-corrected chi connectivity index (χ1v) is 7.07. The Kier molecular flexibility index (Phi) is 4.61. The molecule has 0 fully saturated rings. The molecule has 106 valence electrons. The van der Waals surface area contributed by atoms with E-state index in [-0.39, 0.29) is 11.3 Å². The van der Waals surface area contributed by atoms with Crippen LogP contribution in [-0.2, 0) is 17.6 Å². The molecule has 0 spiro atoms. The third-order valence-electron chi connectivity index (χ3n) is 4.56. The van der Waals surface area contributed by atoms with Crippen LogP contribution in [0.2, 0.25) is 0 Å². The highest BCUT2D eigenvalue weighted by Gasteiger charge is 2.41. The van der Waals surface area contributed by atoms with Crippen LogP contribution < -0.4 is 5.73 Å². The third kappa shape index (κ3) is 2.83. The molecule has 1 aromatic carbocycles. The molecule has 0 heterocycles. The molecule has 3 nitrogen and oxygen atoms in total. The van der Waals surface area contributed by atoms with Crippen LogP contribution in [0.1, 0.15) is 24.5 Å². The zero-order valence-electron chi connectivity index (χ0n) is 11.9. The highest BCUT2D eigenvalue weighted by molar-refractivity contribution is 5.31. The Balaban J connectivity index is 2.21. The highest BCUT2D eigenvalue weighted by Crippen LogP contribution is 2.40. The average Bonchev–Trinajstić information content (AvgIpc) is 2.46. The lowest BCUT2D eigenvalue weighted by Gasteiger charge is -2.43. The third-order valence-corrected chi connectivity index (χ3v) is 4.56. The lowest BCUT2D eigenvalue weighted by molar-refractivity contribution is -0.0398. The summed E-state index contributed by atoms with van der Waals surface area (Å²) in [7, 11) is 1.68. The van der Waals surface area contributed by atoms with Crippen molar-refractivity contribution in [2.75, 3.05) is 20.3 Å². The molecule has 3 heteroatoms. The van der Waals surface area contributed by atoms with Gasteiger partial charge in [0, 0.05) is 25.0 Å². The largest absolute Gasteiger partial charge is 0.392 e. The van der Waals surface area contributed by atoms with Crippen LogP contribution in [0.5, 0.6) is 0 Å². The molecule has 1 aliphatic rings. The van der Waals surface area contributed by atoms with E-state index in [1.807, 2.05) is 6.92 Å². The van der Waals surface area contributed by atoms with Crippen molar-refractivity contribution in [3.8, 4) is 0 Å². The fraction of sp³-hybridized carbons (Fsp3) is 0.625. The molecule has 3 N–H and O–H groups in total. The number of fused-ring (bicyclic) bond motifs is 1. The topological polar surface area (TPSA) is 55.5 Å². The maximum absolute atomic E-state index is 10.7. The number of methoxy groups -OCH3 is 1. The summed E-state index contributed by atoms with van der Waals surface area (Å²) in [6.07, 6.45) is 2.42. The molecule has 3 unspecified atom stereocenters. The van der Waals surface area contributed by atoms with E-state index < -0.39 is 6.10 Å². The number of hydrogen-bond donors (Lipinski definition) is 2. The van der Waals surface area contributed by atoms with Gasteiger partial charge >= 0.3 is 0 Å². The van der Waals surface area contributed by atoms with Crippen LogP contribution in [0.25, 0.3) is 0 Å². The summed E-state index contributed by atoms with van der Waals surface area (Å²) < 4.78 is 5.17. The minimum Gasteiger partial charge on any atom is -0.392 e. The number of aryl methyl sites for hydroxylation is 1. The van der Waals surface area contributed by atoms with Crippen molar-refractivity contribution in [1.29, 1.82) is 0 Å². The molecule has 0 aliphatic heterocycles. The average molecular weight is 263 g/mol. The molecule has 0 aromatic heterocycles. The van der Waals surface area contributed by atoms with Gasteiger partial charge in [-0.2, -0.15) is 0 Å². The summed E-state index contributed by atoms with van der Waals surface area (Å²) >= 11 is 0. The van der Waals surface area contributed by atoms with Crippen molar-refractivity contribution in [2.45, 2.75) is 32.3 Å². The molecular formula is C16H25NO2. The van der Waals surface area contributed by atoms with Gasteiger partial charge in [-0.05, 0) is 30.4 Å². The molecule has 0 bridgehead atoms. The minimum absolute atomic E-state index is 0.110. The molecule has 0 saturated carbocycles. The van der Waals surface area contributed by atoms with Crippen LogP contribution in [0, 0.1) is 11.3 Å². The second-order valence-electron chi connectivity index (χ2n) is 5.89. The molecule has 0 amide bonds. The number of aliphatic hydroxyl groups excluding tert-OH is 1. The van der Waals surface area contributed by atoms with Crippen molar-refractivity contribution in [3.05, 3.63) is 35.4 Å². The fourth-order valence-electron chi connectivity index (χ4n) is 3.33. The van der Waals surface area contributed by atoms with E-state index >= 15 is 0 Å². The standard InChI is InChI=1S/C16H25NO2/c1-12(10-19-2)15(18)16(11-17)8-7-13-5-3-4-6-14(13)9-16/h3-6,12,15,18H,7-11,17H2,1-2H3. The first-order valence-electron chi connectivity index (χ1n) is 7.07. The highest BCUT2D eigenvalue weighted by atomic mass is 16.5. The quantitative estimate of drug-likeness (QED) is 0.851. The van der Waals surface area contributed by atoms with Crippen molar-refractivity contribution in [3.63, 3.8) is 0 Å². The van der Waals surface area contributed by atoms with Gasteiger partial charge in [0.05, 0.1) is 12.7 Å². The summed E-state index contributed by atoms with van der Waals surface area (Å²) in [5.74, 6) is 0.110. The van der Waals surface area contributed by atoms with Gasteiger partial charge in [-0.1, -0.05) is 31.2 Å². The predicted molar refractivity (Wildman–Crippen MR) is 77.0 cm³/mol. The smallest absolute Gasteiger partial charge is 0.0659 e. The predicted octanol–water partition coefficient (Wildman–Crippen LogP) is 1.76. The van der Waals surface area contributed by atoms with Crippen LogP contribution in [0.3, 0.4) is 0 Å². The van der Waals surface area contributed by atoms with Gasteiger partial charge in [0.25, 0.3) is 0 Å². The van der Waals surface area contributed by atoms with Gasteiger partial charge in [-0.25, -0.2) is 0 Å². The van der Waals surface area contributed by atoms with E-state index in [4.69, 9.17) is 10.5 Å². The second-order valence-corrected chi connectivity index (χ2v) is 5.89. The molecule has 0 radical (unpaired) electrons. The van der Waals surface area contributed by atoms with Gasteiger partial charge in [0.2, 0.25) is 0 Å². The van der Waals surface area contributed by atoms with Gasteiger partial charge in [0.1, 0.15) is 0 Å². The van der Waals surface area contributed by atoms with Crippen LogP contribution in [0.4, 0.5) is 0 Å². The van der Waals surface area contributed by atoms with Crippen LogP contribution in [-0.4, -0.2) is 31.5 Å². The van der Waals surface area contributed by atoms with Crippen molar-refractivity contribution >= 4 is 0 Å². The SMILES string of the molecule is COCC(C)C(O)C1(CN)CCc2ccccc2C1.